The van der Waals surface area contributed by atoms with Gasteiger partial charge in [-0.15, -0.1) is 11.3 Å². The molecule has 0 aliphatic rings. The monoisotopic (exact) mass is 180 g/mol. The standard InChI is InChI=1S/C8H8N2OS/c1-2-7(11)10-8-6(5-9)3-4-12-8/h3-4H,2H2,1H3,(H,10,11). The number of nitrogens with zero attached hydrogens (tertiary/aromatic N) is 1. The Hall–Kier alpha value is -1.34. The number of nitriles is 1. The molecule has 1 aromatic heterocycles. The van der Waals surface area contributed by atoms with Crippen molar-refractivity contribution < 1.29 is 4.79 Å². The lowest BCUT2D eigenvalue weighted by Crippen LogP contribution is -2.08. The molecular formula is C8H8N2OS. The van der Waals surface area contributed by atoms with E-state index in [1.807, 2.05) is 6.07 Å². The molecule has 1 heterocycles. The van der Waals surface area contributed by atoms with E-state index in [2.05, 4.69) is 5.32 Å². The van der Waals surface area contributed by atoms with E-state index in [9.17, 15) is 4.79 Å². The largest absolute Gasteiger partial charge is 0.317 e. The molecule has 0 bridgehead atoms. The maximum absolute atomic E-state index is 10.9. The van der Waals surface area contributed by atoms with Crippen LogP contribution in [0.15, 0.2) is 11.4 Å². The highest BCUT2D eigenvalue weighted by Crippen LogP contribution is 2.21. The van der Waals surface area contributed by atoms with Gasteiger partial charge >= 0.3 is 0 Å². The highest BCUT2D eigenvalue weighted by molar-refractivity contribution is 7.14. The third-order valence-corrected chi connectivity index (χ3v) is 2.19. The van der Waals surface area contributed by atoms with Crippen LogP contribution < -0.4 is 5.32 Å². The summed E-state index contributed by atoms with van der Waals surface area (Å²) in [6, 6.07) is 3.69. The van der Waals surface area contributed by atoms with Crippen LogP contribution in [0.5, 0.6) is 0 Å². The summed E-state index contributed by atoms with van der Waals surface area (Å²) in [6.45, 7) is 1.77. The Labute approximate surface area is 74.6 Å². The van der Waals surface area contributed by atoms with Crippen molar-refractivity contribution in [2.24, 2.45) is 0 Å². The number of nitrogens with one attached hydrogen (secondary N) is 1. The van der Waals surface area contributed by atoms with Gasteiger partial charge in [0.25, 0.3) is 0 Å². The fraction of sp³-hybridized carbons (Fsp3) is 0.250. The van der Waals surface area contributed by atoms with E-state index in [4.69, 9.17) is 5.26 Å². The summed E-state index contributed by atoms with van der Waals surface area (Å²) < 4.78 is 0. The van der Waals surface area contributed by atoms with Crippen LogP contribution in [0.1, 0.15) is 18.9 Å². The number of hydrogen-bond donors (Lipinski definition) is 1. The van der Waals surface area contributed by atoms with Crippen molar-refractivity contribution in [1.82, 2.24) is 0 Å². The molecule has 0 radical (unpaired) electrons. The molecule has 0 aliphatic carbocycles. The van der Waals surface area contributed by atoms with Crippen molar-refractivity contribution in [2.75, 3.05) is 5.32 Å². The molecule has 0 saturated heterocycles. The van der Waals surface area contributed by atoms with Crippen LogP contribution in [-0.2, 0) is 4.79 Å². The molecule has 0 aliphatic heterocycles. The summed E-state index contributed by atoms with van der Waals surface area (Å²) >= 11 is 1.36. The average molecular weight is 180 g/mol. The SMILES string of the molecule is CCC(=O)Nc1sccc1C#N. The van der Waals surface area contributed by atoms with Gasteiger partial charge in [0.15, 0.2) is 0 Å². The summed E-state index contributed by atoms with van der Waals surface area (Å²) in [5.74, 6) is -0.0612. The van der Waals surface area contributed by atoms with E-state index in [1.54, 1.807) is 18.4 Å². The first-order valence-corrected chi connectivity index (χ1v) is 4.43. The summed E-state index contributed by atoms with van der Waals surface area (Å²) in [4.78, 5) is 10.9. The predicted molar refractivity (Wildman–Crippen MR) is 48.0 cm³/mol. The molecule has 1 rings (SSSR count). The van der Waals surface area contributed by atoms with Crippen LogP contribution in [0, 0.1) is 11.3 Å². The number of hydrogen-bond acceptors (Lipinski definition) is 3. The van der Waals surface area contributed by atoms with Crippen LogP contribution in [0.25, 0.3) is 0 Å². The minimum absolute atomic E-state index is 0.0612. The number of carbonyl (C=O) groups is 1. The Morgan fingerprint density at radius 3 is 3.17 bits per heavy atom. The summed E-state index contributed by atoms with van der Waals surface area (Å²) in [5.41, 5.74) is 0.529. The molecule has 0 aromatic carbocycles. The second kappa shape index (κ2) is 3.88. The normalized spacial score (nSPS) is 9.00. The summed E-state index contributed by atoms with van der Waals surface area (Å²) in [6.07, 6.45) is 0.433. The second-order valence-corrected chi connectivity index (χ2v) is 3.09. The van der Waals surface area contributed by atoms with Gasteiger partial charge in [0.05, 0.1) is 5.56 Å². The van der Waals surface area contributed by atoms with Gasteiger partial charge in [-0.3, -0.25) is 4.79 Å². The van der Waals surface area contributed by atoms with E-state index in [0.29, 0.717) is 17.0 Å². The lowest BCUT2D eigenvalue weighted by Gasteiger charge is -1.98. The summed E-state index contributed by atoms with van der Waals surface area (Å²) in [7, 11) is 0. The number of rotatable bonds is 2. The Morgan fingerprint density at radius 1 is 1.83 bits per heavy atom. The van der Waals surface area contributed by atoms with E-state index < -0.39 is 0 Å². The van der Waals surface area contributed by atoms with Gasteiger partial charge in [0.2, 0.25) is 5.91 Å². The highest BCUT2D eigenvalue weighted by atomic mass is 32.1. The molecule has 0 fully saturated rings. The second-order valence-electron chi connectivity index (χ2n) is 2.18. The molecule has 3 nitrogen and oxygen atoms in total. The van der Waals surface area contributed by atoms with Crippen LogP contribution >= 0.6 is 11.3 Å². The first kappa shape index (κ1) is 8.75. The Kier molecular flexibility index (Phi) is 2.83. The molecule has 4 heteroatoms. The van der Waals surface area contributed by atoms with Crippen molar-refractivity contribution in [3.63, 3.8) is 0 Å². The lowest BCUT2D eigenvalue weighted by molar-refractivity contribution is -0.115. The van der Waals surface area contributed by atoms with Crippen molar-refractivity contribution in [1.29, 1.82) is 5.26 Å². The Bertz CT molecular complexity index is 324. The fourth-order valence-corrected chi connectivity index (χ4v) is 1.46. The highest BCUT2D eigenvalue weighted by Gasteiger charge is 2.05. The lowest BCUT2D eigenvalue weighted by atomic mass is 10.3. The molecule has 1 amide bonds. The van der Waals surface area contributed by atoms with E-state index in [-0.39, 0.29) is 5.91 Å². The molecule has 0 saturated carbocycles. The van der Waals surface area contributed by atoms with Crippen molar-refractivity contribution in [3.05, 3.63) is 17.0 Å². The van der Waals surface area contributed by atoms with E-state index >= 15 is 0 Å². The van der Waals surface area contributed by atoms with Crippen molar-refractivity contribution in [3.8, 4) is 6.07 Å². The van der Waals surface area contributed by atoms with Gasteiger partial charge < -0.3 is 5.32 Å². The zero-order valence-corrected chi connectivity index (χ0v) is 7.44. The summed E-state index contributed by atoms with van der Waals surface area (Å²) in [5, 5.41) is 13.7. The maximum atomic E-state index is 10.9. The first-order valence-electron chi connectivity index (χ1n) is 3.55. The number of thiophene rings is 1. The van der Waals surface area contributed by atoms with Crippen LogP contribution in [0.3, 0.4) is 0 Å². The van der Waals surface area contributed by atoms with Gasteiger partial charge in [0.1, 0.15) is 11.1 Å². The Balaban J connectivity index is 2.76. The third-order valence-electron chi connectivity index (χ3n) is 1.36. The Morgan fingerprint density at radius 2 is 2.58 bits per heavy atom. The van der Waals surface area contributed by atoms with E-state index in [1.165, 1.54) is 11.3 Å². The molecular weight excluding hydrogens is 172 g/mol. The van der Waals surface area contributed by atoms with Crippen molar-refractivity contribution in [2.45, 2.75) is 13.3 Å². The molecule has 1 aromatic rings. The van der Waals surface area contributed by atoms with Crippen molar-refractivity contribution >= 4 is 22.2 Å². The van der Waals surface area contributed by atoms with Gasteiger partial charge in [0, 0.05) is 6.42 Å². The average Bonchev–Trinajstić information content (AvgIpc) is 2.51. The number of anilines is 1. The minimum atomic E-state index is -0.0612. The zero-order chi connectivity index (χ0) is 8.97. The zero-order valence-electron chi connectivity index (χ0n) is 6.63. The molecule has 12 heavy (non-hydrogen) atoms. The topological polar surface area (TPSA) is 52.9 Å². The van der Waals surface area contributed by atoms with E-state index in [0.717, 1.165) is 0 Å². The molecule has 62 valence electrons. The molecule has 0 spiro atoms. The number of amides is 1. The molecule has 1 N–H and O–H groups in total. The third kappa shape index (κ3) is 1.83. The predicted octanol–water partition coefficient (Wildman–Crippen LogP) is 1.97. The quantitative estimate of drug-likeness (QED) is 0.756. The smallest absolute Gasteiger partial charge is 0.224 e. The van der Waals surface area contributed by atoms with Crippen LogP contribution in [0.4, 0.5) is 5.00 Å². The van der Waals surface area contributed by atoms with Gasteiger partial charge in [-0.2, -0.15) is 5.26 Å². The van der Waals surface area contributed by atoms with Crippen LogP contribution in [-0.4, -0.2) is 5.91 Å². The first-order chi connectivity index (χ1) is 5.77. The molecule has 0 unspecified atom stereocenters. The van der Waals surface area contributed by atoms with Crippen LogP contribution in [0.2, 0.25) is 0 Å². The fourth-order valence-electron chi connectivity index (χ4n) is 0.709. The minimum Gasteiger partial charge on any atom is -0.317 e. The van der Waals surface area contributed by atoms with Gasteiger partial charge in [-0.25, -0.2) is 0 Å². The molecule has 0 atom stereocenters. The number of carbonyl (C=O) groups excluding carboxylic acids is 1. The van der Waals surface area contributed by atoms with Gasteiger partial charge in [-0.1, -0.05) is 6.92 Å². The maximum Gasteiger partial charge on any atom is 0.224 e. The van der Waals surface area contributed by atoms with Gasteiger partial charge in [-0.05, 0) is 11.4 Å².